The molecule has 0 atom stereocenters. The monoisotopic (exact) mass is 408 g/mol. The van der Waals surface area contributed by atoms with E-state index in [2.05, 4.69) is 52.8 Å². The first-order valence-electron chi connectivity index (χ1n) is 8.50. The predicted molar refractivity (Wildman–Crippen MR) is 111 cm³/mol. The van der Waals surface area contributed by atoms with Crippen LogP contribution >= 0.6 is 15.9 Å². The summed E-state index contributed by atoms with van der Waals surface area (Å²) in [7, 11) is -2.43. The van der Waals surface area contributed by atoms with E-state index in [0.717, 1.165) is 10.9 Å². The fraction of sp³-hybridized carbons (Fsp3) is 0.136. The second kappa shape index (κ2) is 7.94. The molecule has 0 fully saturated rings. The molecule has 1 nitrogen and oxygen atoms in total. The lowest BCUT2D eigenvalue weighted by molar-refractivity contribution is -0.112. The Morgan fingerprint density at radius 2 is 1.28 bits per heavy atom. The largest absolute Gasteiger partial charge is 0.305 e. The van der Waals surface area contributed by atoms with Gasteiger partial charge in [-0.05, 0) is 28.4 Å². The number of aryl methyl sites for hydroxylation is 1. The molecule has 0 bridgehead atoms. The summed E-state index contributed by atoms with van der Waals surface area (Å²) in [5.41, 5.74) is 1.19. The molecule has 0 saturated heterocycles. The van der Waals surface area contributed by atoms with Gasteiger partial charge in [0.15, 0.2) is 8.07 Å². The fourth-order valence-electron chi connectivity index (χ4n) is 3.23. The maximum absolute atomic E-state index is 13.4. The van der Waals surface area contributed by atoms with Gasteiger partial charge in [0.1, 0.15) is 5.41 Å². The van der Waals surface area contributed by atoms with Gasteiger partial charge in [0, 0.05) is 10.9 Å². The van der Waals surface area contributed by atoms with Crippen molar-refractivity contribution in [3.05, 3.63) is 95.0 Å². The summed E-state index contributed by atoms with van der Waals surface area (Å²) in [5.74, 6) is 0. The average Bonchev–Trinajstić information content (AvgIpc) is 2.68. The second-order valence-corrected chi connectivity index (χ2v) is 11.2. The van der Waals surface area contributed by atoms with Crippen molar-refractivity contribution in [1.82, 2.24) is 0 Å². The summed E-state index contributed by atoms with van der Waals surface area (Å²) < 4.78 is 1.07. The number of hydrogen-bond donors (Lipinski definition) is 0. The van der Waals surface area contributed by atoms with E-state index in [4.69, 9.17) is 0 Å². The number of benzene rings is 3. The van der Waals surface area contributed by atoms with Gasteiger partial charge in [-0.2, -0.15) is 0 Å². The molecule has 0 spiro atoms. The highest BCUT2D eigenvalue weighted by molar-refractivity contribution is 9.10. The van der Waals surface area contributed by atoms with Gasteiger partial charge in [-0.1, -0.05) is 101 Å². The molecule has 0 aliphatic rings. The normalized spacial score (nSPS) is 11.3. The van der Waals surface area contributed by atoms with E-state index < -0.39 is 8.07 Å². The minimum atomic E-state index is -2.43. The summed E-state index contributed by atoms with van der Waals surface area (Å²) in [5, 5.41) is 2.73. The van der Waals surface area contributed by atoms with E-state index >= 15 is 0 Å². The molecule has 0 radical (unpaired) electrons. The van der Waals surface area contributed by atoms with Crippen LogP contribution in [0, 0.1) is 0 Å². The van der Waals surface area contributed by atoms with E-state index in [0.29, 0.717) is 11.8 Å². The third-order valence-electron chi connectivity index (χ3n) is 4.84. The van der Waals surface area contributed by atoms with E-state index in [1.807, 2.05) is 54.6 Å². The molecule has 126 valence electrons. The molecule has 0 N–H and O–H groups in total. The summed E-state index contributed by atoms with van der Waals surface area (Å²) in [6.07, 6.45) is 1.33. The van der Waals surface area contributed by atoms with Crippen LogP contribution in [-0.2, 0) is 11.2 Å². The highest BCUT2D eigenvalue weighted by atomic mass is 79.9. The van der Waals surface area contributed by atoms with Crippen LogP contribution in [0.25, 0.3) is 0 Å². The molecule has 3 rings (SSSR count). The zero-order chi connectivity index (χ0) is 17.7. The average molecular weight is 409 g/mol. The highest BCUT2D eigenvalue weighted by Gasteiger charge is 2.39. The Bertz CT molecular complexity index is 807. The third-order valence-corrected chi connectivity index (χ3v) is 9.95. The van der Waals surface area contributed by atoms with Crippen LogP contribution < -0.4 is 10.4 Å². The van der Waals surface area contributed by atoms with E-state index in [9.17, 15) is 4.79 Å². The Labute approximate surface area is 158 Å². The summed E-state index contributed by atoms with van der Waals surface area (Å²) in [6, 6.07) is 28.7. The van der Waals surface area contributed by atoms with E-state index in [-0.39, 0.29) is 0 Å². The Morgan fingerprint density at radius 3 is 1.80 bits per heavy atom. The third kappa shape index (κ3) is 3.83. The smallest absolute Gasteiger partial charge is 0.190 e. The van der Waals surface area contributed by atoms with Gasteiger partial charge in [0.05, 0.1) is 0 Å². The molecule has 3 heteroatoms. The first kappa shape index (κ1) is 17.8. The molecule has 0 saturated carbocycles. The van der Waals surface area contributed by atoms with Crippen LogP contribution in [0.4, 0.5) is 0 Å². The number of carbonyl (C=O) groups is 1. The molecular formula is C22H21BrOSi. The van der Waals surface area contributed by atoms with Gasteiger partial charge < -0.3 is 4.79 Å². The Hall–Kier alpha value is -1.97. The maximum Gasteiger partial charge on any atom is 0.190 e. The van der Waals surface area contributed by atoms with Crippen molar-refractivity contribution in [3.8, 4) is 0 Å². The SMILES string of the molecule is C[Si](C(=O)CCc1ccccc1Br)(c1ccccc1)c1ccccc1. The maximum atomic E-state index is 13.4. The molecule has 0 unspecified atom stereocenters. The molecule has 3 aromatic carbocycles. The molecule has 0 amide bonds. The van der Waals surface area contributed by atoms with Crippen LogP contribution in [0.15, 0.2) is 89.4 Å². The highest BCUT2D eigenvalue weighted by Crippen LogP contribution is 2.19. The number of rotatable bonds is 6. The lowest BCUT2D eigenvalue weighted by atomic mass is 10.1. The standard InChI is InChI=1S/C22H21BrOSi/c1-25(19-11-4-2-5-12-19,20-13-6-3-7-14-20)22(24)17-16-18-10-8-9-15-21(18)23/h2-15H,16-17H2,1H3. The molecule has 0 aromatic heterocycles. The van der Waals surface area contributed by atoms with Crippen molar-refractivity contribution in [2.75, 3.05) is 0 Å². The quantitative estimate of drug-likeness (QED) is 0.552. The zero-order valence-corrected chi connectivity index (χ0v) is 16.9. The number of carbonyl (C=O) groups excluding carboxylic acids is 1. The Balaban J connectivity index is 1.92. The molecule has 0 aliphatic carbocycles. The lowest BCUT2D eigenvalue weighted by Crippen LogP contribution is -2.62. The number of halogens is 1. The van der Waals surface area contributed by atoms with Crippen LogP contribution in [0.2, 0.25) is 6.55 Å². The predicted octanol–water partition coefficient (Wildman–Crippen LogP) is 4.38. The van der Waals surface area contributed by atoms with Gasteiger partial charge in [-0.3, -0.25) is 0 Å². The number of hydrogen-bond acceptors (Lipinski definition) is 1. The summed E-state index contributed by atoms with van der Waals surface area (Å²) in [4.78, 5) is 13.4. The topological polar surface area (TPSA) is 17.1 Å². The minimum absolute atomic E-state index is 0.376. The van der Waals surface area contributed by atoms with Gasteiger partial charge in [0.25, 0.3) is 0 Å². The van der Waals surface area contributed by atoms with E-state index in [1.54, 1.807) is 0 Å². The molecule has 25 heavy (non-hydrogen) atoms. The van der Waals surface area contributed by atoms with Gasteiger partial charge >= 0.3 is 0 Å². The lowest BCUT2D eigenvalue weighted by Gasteiger charge is -2.27. The van der Waals surface area contributed by atoms with Crippen LogP contribution in [0.5, 0.6) is 0 Å². The van der Waals surface area contributed by atoms with Crippen LogP contribution in [0.1, 0.15) is 12.0 Å². The van der Waals surface area contributed by atoms with Crippen LogP contribution in [0.3, 0.4) is 0 Å². The van der Waals surface area contributed by atoms with E-state index in [1.165, 1.54) is 15.9 Å². The summed E-state index contributed by atoms with van der Waals surface area (Å²) in [6.45, 7) is 2.18. The zero-order valence-electron chi connectivity index (χ0n) is 14.3. The van der Waals surface area contributed by atoms with Gasteiger partial charge in [-0.15, -0.1) is 0 Å². The second-order valence-electron chi connectivity index (χ2n) is 6.37. The molecular weight excluding hydrogens is 388 g/mol. The van der Waals surface area contributed by atoms with Crippen LogP contribution in [-0.4, -0.2) is 13.5 Å². The van der Waals surface area contributed by atoms with Crippen molar-refractivity contribution < 1.29 is 4.79 Å². The summed E-state index contributed by atoms with van der Waals surface area (Å²) >= 11 is 3.59. The van der Waals surface area contributed by atoms with Crippen molar-refractivity contribution in [2.45, 2.75) is 19.4 Å². The van der Waals surface area contributed by atoms with Crippen molar-refractivity contribution >= 4 is 39.8 Å². The van der Waals surface area contributed by atoms with Crippen molar-refractivity contribution in [1.29, 1.82) is 0 Å². The first-order chi connectivity index (χ1) is 12.1. The van der Waals surface area contributed by atoms with Crippen molar-refractivity contribution in [2.24, 2.45) is 0 Å². The minimum Gasteiger partial charge on any atom is -0.305 e. The van der Waals surface area contributed by atoms with Crippen molar-refractivity contribution in [3.63, 3.8) is 0 Å². The molecule has 0 aliphatic heterocycles. The first-order valence-corrected chi connectivity index (χ1v) is 11.8. The van der Waals surface area contributed by atoms with Gasteiger partial charge in [0.2, 0.25) is 0 Å². The fourth-order valence-corrected chi connectivity index (χ4v) is 7.03. The molecule has 0 heterocycles. The van der Waals surface area contributed by atoms with Gasteiger partial charge in [-0.25, -0.2) is 0 Å². The molecule has 3 aromatic rings. The Morgan fingerprint density at radius 1 is 0.800 bits per heavy atom. The Kier molecular flexibility index (Phi) is 5.66.